The highest BCUT2D eigenvalue weighted by molar-refractivity contribution is 5.96. The standard InChI is InChI=1S/C18H19F3N2O3/c1-9-7-14(25-3)15(26-4)8-13(9)22-10(2)18(24)23-12-6-5-11(19)16(20)17(12)21/h5-8,10,22H,1-4H3,(H,23,24)/t10-/m1/s1. The van der Waals surface area contributed by atoms with Crippen LogP contribution < -0.4 is 20.1 Å². The Morgan fingerprint density at radius 2 is 1.62 bits per heavy atom. The van der Waals surface area contributed by atoms with Crippen LogP contribution in [0, 0.1) is 24.4 Å². The maximum absolute atomic E-state index is 13.7. The van der Waals surface area contributed by atoms with Crippen LogP contribution in [0.15, 0.2) is 24.3 Å². The summed E-state index contributed by atoms with van der Waals surface area (Å²) in [5, 5.41) is 5.19. The van der Waals surface area contributed by atoms with Gasteiger partial charge in [0.2, 0.25) is 5.91 Å². The van der Waals surface area contributed by atoms with E-state index in [1.807, 2.05) is 6.92 Å². The number of anilines is 2. The number of hydrogen-bond acceptors (Lipinski definition) is 4. The van der Waals surface area contributed by atoms with E-state index in [-0.39, 0.29) is 0 Å². The van der Waals surface area contributed by atoms with Gasteiger partial charge in [-0.1, -0.05) is 0 Å². The Kier molecular flexibility index (Phi) is 5.97. The van der Waals surface area contributed by atoms with Crippen LogP contribution >= 0.6 is 0 Å². The molecule has 0 saturated carbocycles. The highest BCUT2D eigenvalue weighted by Crippen LogP contribution is 2.33. The molecule has 2 rings (SSSR count). The van der Waals surface area contributed by atoms with Crippen molar-refractivity contribution in [3.8, 4) is 11.5 Å². The Labute approximate surface area is 149 Å². The molecule has 0 aliphatic heterocycles. The second-order valence-corrected chi connectivity index (χ2v) is 5.60. The van der Waals surface area contributed by atoms with Crippen molar-refractivity contribution in [2.45, 2.75) is 19.9 Å². The van der Waals surface area contributed by atoms with Crippen LogP contribution in [0.3, 0.4) is 0 Å². The molecule has 0 saturated heterocycles. The minimum Gasteiger partial charge on any atom is -0.493 e. The summed E-state index contributed by atoms with van der Waals surface area (Å²) in [4.78, 5) is 12.2. The molecule has 0 unspecified atom stereocenters. The molecule has 140 valence electrons. The number of methoxy groups -OCH3 is 2. The number of benzene rings is 2. The van der Waals surface area contributed by atoms with Gasteiger partial charge in [-0.3, -0.25) is 4.79 Å². The number of carbonyl (C=O) groups excluding carboxylic acids is 1. The Balaban J connectivity index is 2.16. The van der Waals surface area contributed by atoms with E-state index >= 15 is 0 Å². The van der Waals surface area contributed by atoms with Crippen molar-refractivity contribution in [3.63, 3.8) is 0 Å². The number of halogens is 3. The molecule has 0 radical (unpaired) electrons. The number of amides is 1. The molecule has 0 heterocycles. The van der Waals surface area contributed by atoms with Crippen molar-refractivity contribution in [2.24, 2.45) is 0 Å². The summed E-state index contributed by atoms with van der Waals surface area (Å²) < 4.78 is 50.3. The van der Waals surface area contributed by atoms with Gasteiger partial charge >= 0.3 is 0 Å². The van der Waals surface area contributed by atoms with Gasteiger partial charge in [0, 0.05) is 11.8 Å². The summed E-state index contributed by atoms with van der Waals surface area (Å²) in [5.41, 5.74) is 0.962. The molecule has 0 spiro atoms. The maximum Gasteiger partial charge on any atom is 0.246 e. The predicted molar refractivity (Wildman–Crippen MR) is 92.3 cm³/mol. The summed E-state index contributed by atoms with van der Waals surface area (Å²) in [5.74, 6) is -4.03. The summed E-state index contributed by atoms with van der Waals surface area (Å²) in [6, 6.07) is 4.31. The van der Waals surface area contributed by atoms with E-state index in [0.717, 1.165) is 17.7 Å². The van der Waals surface area contributed by atoms with Crippen LogP contribution in [-0.4, -0.2) is 26.2 Å². The molecule has 1 atom stereocenters. The first-order chi connectivity index (χ1) is 12.3. The zero-order chi connectivity index (χ0) is 19.4. The monoisotopic (exact) mass is 368 g/mol. The minimum absolute atomic E-state index is 0.438. The number of nitrogens with one attached hydrogen (secondary N) is 2. The molecular formula is C18H19F3N2O3. The Morgan fingerprint density at radius 1 is 1.00 bits per heavy atom. The molecule has 2 N–H and O–H groups in total. The second kappa shape index (κ2) is 7.99. The van der Waals surface area contributed by atoms with Crippen molar-refractivity contribution in [1.82, 2.24) is 0 Å². The highest BCUT2D eigenvalue weighted by Gasteiger charge is 2.19. The van der Waals surface area contributed by atoms with E-state index in [0.29, 0.717) is 17.2 Å². The van der Waals surface area contributed by atoms with Crippen molar-refractivity contribution in [1.29, 1.82) is 0 Å². The molecule has 1 amide bonds. The molecule has 2 aromatic rings. The lowest BCUT2D eigenvalue weighted by Gasteiger charge is -2.19. The van der Waals surface area contributed by atoms with Crippen LogP contribution in [0.25, 0.3) is 0 Å². The number of ether oxygens (including phenoxy) is 2. The van der Waals surface area contributed by atoms with E-state index in [1.165, 1.54) is 14.2 Å². The lowest BCUT2D eigenvalue weighted by atomic mass is 10.1. The van der Waals surface area contributed by atoms with Gasteiger partial charge in [0.1, 0.15) is 6.04 Å². The summed E-state index contributed by atoms with van der Waals surface area (Å²) in [6.07, 6.45) is 0. The van der Waals surface area contributed by atoms with Gasteiger partial charge in [-0.2, -0.15) is 0 Å². The van der Waals surface area contributed by atoms with Gasteiger partial charge in [0.25, 0.3) is 0 Å². The van der Waals surface area contributed by atoms with E-state index < -0.39 is 35.1 Å². The summed E-state index contributed by atoms with van der Waals surface area (Å²) >= 11 is 0. The van der Waals surface area contributed by atoms with Crippen LogP contribution in [-0.2, 0) is 4.79 Å². The smallest absolute Gasteiger partial charge is 0.246 e. The van der Waals surface area contributed by atoms with E-state index in [4.69, 9.17) is 9.47 Å². The van der Waals surface area contributed by atoms with Gasteiger partial charge in [-0.05, 0) is 37.6 Å². The van der Waals surface area contributed by atoms with Gasteiger partial charge < -0.3 is 20.1 Å². The average Bonchev–Trinajstić information content (AvgIpc) is 2.63. The van der Waals surface area contributed by atoms with Crippen LogP contribution in [0.1, 0.15) is 12.5 Å². The molecule has 8 heteroatoms. The number of hydrogen-bond donors (Lipinski definition) is 2. The zero-order valence-electron chi connectivity index (χ0n) is 14.7. The third-order valence-electron chi connectivity index (χ3n) is 3.79. The number of aryl methyl sites for hydroxylation is 1. The largest absolute Gasteiger partial charge is 0.493 e. The van der Waals surface area contributed by atoms with E-state index in [1.54, 1.807) is 19.1 Å². The Hall–Kier alpha value is -2.90. The Bertz CT molecular complexity index is 828. The molecule has 26 heavy (non-hydrogen) atoms. The van der Waals surface area contributed by atoms with Crippen molar-refractivity contribution < 1.29 is 27.4 Å². The molecule has 5 nitrogen and oxygen atoms in total. The fraction of sp³-hybridized carbons (Fsp3) is 0.278. The van der Waals surface area contributed by atoms with Gasteiger partial charge in [-0.15, -0.1) is 0 Å². The molecule has 0 aliphatic rings. The Morgan fingerprint density at radius 3 is 2.23 bits per heavy atom. The van der Waals surface area contributed by atoms with Crippen LogP contribution in [0.2, 0.25) is 0 Å². The fourth-order valence-corrected chi connectivity index (χ4v) is 2.30. The predicted octanol–water partition coefficient (Wildman–Crippen LogP) is 3.87. The quantitative estimate of drug-likeness (QED) is 0.760. The lowest BCUT2D eigenvalue weighted by molar-refractivity contribution is -0.116. The molecule has 0 aliphatic carbocycles. The first-order valence-corrected chi connectivity index (χ1v) is 7.72. The van der Waals surface area contributed by atoms with E-state index in [9.17, 15) is 18.0 Å². The number of carbonyl (C=O) groups is 1. The van der Waals surface area contributed by atoms with Crippen LogP contribution in [0.5, 0.6) is 11.5 Å². The second-order valence-electron chi connectivity index (χ2n) is 5.60. The molecule has 2 aromatic carbocycles. The first-order valence-electron chi connectivity index (χ1n) is 7.72. The summed E-state index contributed by atoms with van der Waals surface area (Å²) in [6.45, 7) is 3.35. The topological polar surface area (TPSA) is 59.6 Å². The third-order valence-corrected chi connectivity index (χ3v) is 3.79. The molecule has 0 aromatic heterocycles. The zero-order valence-corrected chi connectivity index (χ0v) is 14.7. The third kappa shape index (κ3) is 4.01. The fourth-order valence-electron chi connectivity index (χ4n) is 2.30. The maximum atomic E-state index is 13.7. The lowest BCUT2D eigenvalue weighted by Crippen LogP contribution is -2.32. The van der Waals surface area contributed by atoms with Gasteiger partial charge in [-0.25, -0.2) is 13.2 Å². The molecular weight excluding hydrogens is 349 g/mol. The van der Waals surface area contributed by atoms with Gasteiger partial charge in [0.15, 0.2) is 29.0 Å². The SMILES string of the molecule is COc1cc(C)c(N[C@H](C)C(=O)Nc2ccc(F)c(F)c2F)cc1OC. The number of rotatable bonds is 6. The molecule has 0 bridgehead atoms. The van der Waals surface area contributed by atoms with Gasteiger partial charge in [0.05, 0.1) is 19.9 Å². The van der Waals surface area contributed by atoms with Crippen molar-refractivity contribution >= 4 is 17.3 Å². The van der Waals surface area contributed by atoms with Crippen molar-refractivity contribution in [3.05, 3.63) is 47.3 Å². The highest BCUT2D eigenvalue weighted by atomic mass is 19.2. The van der Waals surface area contributed by atoms with Crippen molar-refractivity contribution in [2.75, 3.05) is 24.9 Å². The van der Waals surface area contributed by atoms with Crippen LogP contribution in [0.4, 0.5) is 24.5 Å². The summed E-state index contributed by atoms with van der Waals surface area (Å²) in [7, 11) is 3.00. The normalized spacial score (nSPS) is 11.7. The molecule has 0 fully saturated rings. The minimum atomic E-state index is -1.64. The average molecular weight is 368 g/mol. The first kappa shape index (κ1) is 19.4. The van der Waals surface area contributed by atoms with E-state index in [2.05, 4.69) is 10.6 Å².